The number of fused-ring (bicyclic) bond motifs is 3. The second-order valence-corrected chi connectivity index (χ2v) is 7.35. The minimum atomic E-state index is -0.496. The molecule has 6 heteroatoms. The number of hydrogen-bond acceptors (Lipinski definition) is 4. The quantitative estimate of drug-likeness (QED) is 0.311. The molecule has 3 aromatic carbocycles. The molecule has 0 saturated carbocycles. The fourth-order valence-corrected chi connectivity index (χ4v) is 3.90. The number of nitrogens with one attached hydrogen (secondary N) is 1. The highest BCUT2D eigenvalue weighted by Gasteiger charge is 2.24. The Labute approximate surface area is 175 Å². The summed E-state index contributed by atoms with van der Waals surface area (Å²) in [5.74, 6) is 0.402. The van der Waals surface area contributed by atoms with Gasteiger partial charge in [0.25, 0.3) is 0 Å². The van der Waals surface area contributed by atoms with Gasteiger partial charge in [0.1, 0.15) is 11.0 Å². The van der Waals surface area contributed by atoms with Gasteiger partial charge in [-0.2, -0.15) is 0 Å². The molecule has 0 unspecified atom stereocenters. The van der Waals surface area contributed by atoms with Gasteiger partial charge in [0.15, 0.2) is 5.58 Å². The molecule has 0 aliphatic carbocycles. The number of furan rings is 1. The maximum absolute atomic E-state index is 12.9. The molecule has 1 N–H and O–H groups in total. The van der Waals surface area contributed by atoms with Gasteiger partial charge in [-0.05, 0) is 36.4 Å². The van der Waals surface area contributed by atoms with Gasteiger partial charge in [0.05, 0.1) is 16.0 Å². The van der Waals surface area contributed by atoms with Crippen molar-refractivity contribution in [3.8, 4) is 11.1 Å². The second kappa shape index (κ2) is 6.99. The fourth-order valence-electron chi connectivity index (χ4n) is 3.40. The summed E-state index contributed by atoms with van der Waals surface area (Å²) in [5.41, 5.74) is 2.37. The Balaban J connectivity index is 1.88. The van der Waals surface area contributed by atoms with Crippen LogP contribution in [0.3, 0.4) is 0 Å². The van der Waals surface area contributed by atoms with E-state index in [1.807, 2.05) is 42.5 Å². The van der Waals surface area contributed by atoms with Gasteiger partial charge in [-0.3, -0.25) is 0 Å². The predicted molar refractivity (Wildman–Crippen MR) is 117 cm³/mol. The zero-order valence-electron chi connectivity index (χ0n) is 14.9. The van der Waals surface area contributed by atoms with Gasteiger partial charge >= 0.3 is 5.63 Å². The molecule has 29 heavy (non-hydrogen) atoms. The Bertz CT molecular complexity index is 1420. The molecule has 0 spiro atoms. The van der Waals surface area contributed by atoms with Crippen LogP contribution >= 0.6 is 23.2 Å². The van der Waals surface area contributed by atoms with Crippen molar-refractivity contribution in [3.63, 3.8) is 0 Å². The van der Waals surface area contributed by atoms with Crippen LogP contribution < -0.4 is 10.9 Å². The average molecular weight is 422 g/mol. The minimum absolute atomic E-state index is 0.325. The Morgan fingerprint density at radius 1 is 0.828 bits per heavy atom. The van der Waals surface area contributed by atoms with Crippen LogP contribution in [0.4, 0.5) is 11.6 Å². The summed E-state index contributed by atoms with van der Waals surface area (Å²) in [7, 11) is 0. The number of hydrogen-bond donors (Lipinski definition) is 1. The number of para-hydroxylation sites is 2. The lowest BCUT2D eigenvalue weighted by Gasteiger charge is -2.08. The zero-order valence-corrected chi connectivity index (χ0v) is 16.4. The fraction of sp³-hybridized carbons (Fsp3) is 0. The van der Waals surface area contributed by atoms with E-state index in [1.165, 1.54) is 0 Å². The van der Waals surface area contributed by atoms with E-state index < -0.39 is 5.63 Å². The van der Waals surface area contributed by atoms with Crippen LogP contribution in [-0.4, -0.2) is 0 Å². The molecule has 0 saturated heterocycles. The largest absolute Gasteiger partial charge is 0.439 e. The van der Waals surface area contributed by atoms with Crippen LogP contribution in [0.25, 0.3) is 33.1 Å². The Morgan fingerprint density at radius 2 is 1.59 bits per heavy atom. The molecule has 4 nitrogen and oxygen atoms in total. The van der Waals surface area contributed by atoms with Gasteiger partial charge < -0.3 is 14.2 Å². The van der Waals surface area contributed by atoms with E-state index in [1.54, 1.807) is 30.3 Å². The van der Waals surface area contributed by atoms with Crippen molar-refractivity contribution in [1.82, 2.24) is 0 Å². The van der Waals surface area contributed by atoms with Gasteiger partial charge in [-0.25, -0.2) is 4.79 Å². The SMILES string of the molecule is O=c1oc2ccccc2c2oc(Nc3ccccc3)c(-c3ccc(Cl)cc3Cl)c12. The maximum atomic E-state index is 12.9. The summed E-state index contributed by atoms with van der Waals surface area (Å²) in [6.07, 6.45) is 0. The lowest BCUT2D eigenvalue weighted by Crippen LogP contribution is -2.00. The first-order valence-electron chi connectivity index (χ1n) is 8.87. The van der Waals surface area contributed by atoms with E-state index in [9.17, 15) is 4.79 Å². The molecule has 2 aromatic heterocycles. The van der Waals surface area contributed by atoms with Gasteiger partial charge in [-0.1, -0.05) is 59.6 Å². The van der Waals surface area contributed by atoms with E-state index in [0.717, 1.165) is 5.69 Å². The van der Waals surface area contributed by atoms with Crippen molar-refractivity contribution < 1.29 is 8.83 Å². The maximum Gasteiger partial charge on any atom is 0.348 e. The lowest BCUT2D eigenvalue weighted by molar-refractivity contribution is 0.566. The number of rotatable bonds is 3. The van der Waals surface area contributed by atoms with Crippen molar-refractivity contribution in [2.45, 2.75) is 0 Å². The normalized spacial score (nSPS) is 11.2. The third-order valence-electron chi connectivity index (χ3n) is 4.68. The summed E-state index contributed by atoms with van der Waals surface area (Å²) >= 11 is 12.6. The lowest BCUT2D eigenvalue weighted by atomic mass is 10.0. The Kier molecular flexibility index (Phi) is 4.31. The van der Waals surface area contributed by atoms with Crippen LogP contribution in [0.5, 0.6) is 0 Å². The first-order chi connectivity index (χ1) is 14.1. The highest BCUT2D eigenvalue weighted by Crippen LogP contribution is 2.43. The molecule has 0 amide bonds. The monoisotopic (exact) mass is 421 g/mol. The molecule has 2 heterocycles. The summed E-state index contributed by atoms with van der Waals surface area (Å²) in [4.78, 5) is 12.9. The molecular weight excluding hydrogens is 409 g/mol. The highest BCUT2D eigenvalue weighted by atomic mass is 35.5. The average Bonchev–Trinajstić information content (AvgIpc) is 3.08. The molecule has 142 valence electrons. The van der Waals surface area contributed by atoms with Crippen LogP contribution in [-0.2, 0) is 0 Å². The third-order valence-corrected chi connectivity index (χ3v) is 5.23. The Hall–Kier alpha value is -3.21. The molecule has 5 aromatic rings. The molecular formula is C23H13Cl2NO3. The highest BCUT2D eigenvalue weighted by molar-refractivity contribution is 6.37. The molecule has 0 fully saturated rings. The number of halogens is 2. The zero-order chi connectivity index (χ0) is 20.0. The van der Waals surface area contributed by atoms with E-state index in [2.05, 4.69) is 5.32 Å². The predicted octanol–water partition coefficient (Wildman–Crippen LogP) is 7.26. The van der Waals surface area contributed by atoms with Gasteiger partial charge in [0, 0.05) is 16.3 Å². The third kappa shape index (κ3) is 3.07. The first kappa shape index (κ1) is 17.9. The first-order valence-corrected chi connectivity index (χ1v) is 9.63. The molecule has 0 aliphatic heterocycles. The van der Waals surface area contributed by atoms with Crippen molar-refractivity contribution in [2.24, 2.45) is 0 Å². The minimum Gasteiger partial charge on any atom is -0.439 e. The van der Waals surface area contributed by atoms with Crippen molar-refractivity contribution in [3.05, 3.63) is 93.3 Å². The molecule has 0 bridgehead atoms. The van der Waals surface area contributed by atoms with E-state index in [4.69, 9.17) is 32.0 Å². The van der Waals surface area contributed by atoms with E-state index >= 15 is 0 Å². The number of benzene rings is 3. The van der Waals surface area contributed by atoms with Gasteiger partial charge in [-0.15, -0.1) is 0 Å². The number of anilines is 2. The summed E-state index contributed by atoms with van der Waals surface area (Å²) in [5, 5.41) is 5.19. The smallest absolute Gasteiger partial charge is 0.348 e. The van der Waals surface area contributed by atoms with Crippen molar-refractivity contribution in [1.29, 1.82) is 0 Å². The molecule has 0 aliphatic rings. The van der Waals surface area contributed by atoms with E-state index in [0.29, 0.717) is 49.0 Å². The van der Waals surface area contributed by atoms with Crippen molar-refractivity contribution >= 4 is 56.7 Å². The standard InChI is InChI=1S/C23H13Cl2NO3/c24-13-10-11-15(17(25)12-13)19-20-21(16-8-4-5-9-18(16)28-23(20)27)29-22(19)26-14-6-2-1-3-7-14/h1-12,26H. The van der Waals surface area contributed by atoms with E-state index in [-0.39, 0.29) is 0 Å². The molecule has 5 rings (SSSR count). The summed E-state index contributed by atoms with van der Waals surface area (Å²) in [6, 6.07) is 21.9. The second-order valence-electron chi connectivity index (χ2n) is 6.51. The van der Waals surface area contributed by atoms with Crippen LogP contribution in [0, 0.1) is 0 Å². The van der Waals surface area contributed by atoms with Crippen molar-refractivity contribution in [2.75, 3.05) is 5.32 Å². The summed E-state index contributed by atoms with van der Waals surface area (Å²) < 4.78 is 11.7. The summed E-state index contributed by atoms with van der Waals surface area (Å²) in [6.45, 7) is 0. The van der Waals surface area contributed by atoms with Crippen LogP contribution in [0.15, 0.2) is 86.4 Å². The van der Waals surface area contributed by atoms with Gasteiger partial charge in [0.2, 0.25) is 5.88 Å². The van der Waals surface area contributed by atoms with Crippen LogP contribution in [0.1, 0.15) is 0 Å². The Morgan fingerprint density at radius 3 is 2.38 bits per heavy atom. The topological polar surface area (TPSA) is 55.4 Å². The molecule has 0 radical (unpaired) electrons. The van der Waals surface area contributed by atoms with Crippen LogP contribution in [0.2, 0.25) is 10.0 Å². The molecule has 0 atom stereocenters.